The third kappa shape index (κ3) is 1.60. The van der Waals surface area contributed by atoms with E-state index in [0.717, 1.165) is 12.8 Å². The first kappa shape index (κ1) is 11.0. The van der Waals surface area contributed by atoms with Gasteiger partial charge in [0.2, 0.25) is 6.41 Å². The highest BCUT2D eigenvalue weighted by molar-refractivity contribution is 8.20. The predicted molar refractivity (Wildman–Crippen MR) is 72.1 cm³/mol. The van der Waals surface area contributed by atoms with Gasteiger partial charge in [0.15, 0.2) is 0 Å². The minimum absolute atomic E-state index is 0.242. The summed E-state index contributed by atoms with van der Waals surface area (Å²) >= 11 is 6.03. The summed E-state index contributed by atoms with van der Waals surface area (Å²) in [5.41, 5.74) is 1.35. The largest absolute Gasteiger partial charge is 0.352 e. The molecule has 5 heteroatoms. The molecule has 1 aliphatic carbocycles. The maximum atomic E-state index is 10.6. The Labute approximate surface area is 108 Å². The van der Waals surface area contributed by atoms with E-state index >= 15 is 0 Å². The fraction of sp³-hybridized carbons (Fsp3) is 0.545. The minimum atomic E-state index is 0.242. The van der Waals surface area contributed by atoms with Crippen LogP contribution in [0.4, 0.5) is 0 Å². The summed E-state index contributed by atoms with van der Waals surface area (Å²) < 4.78 is 0.310. The molecule has 2 nitrogen and oxygen atoms in total. The Morgan fingerprint density at radius 1 is 1.44 bits per heavy atom. The average Bonchev–Trinajstić information content (AvgIpc) is 2.93. The quantitative estimate of drug-likeness (QED) is 0.839. The molecule has 0 saturated carbocycles. The number of hydrogen-bond acceptors (Lipinski definition) is 4. The van der Waals surface area contributed by atoms with Gasteiger partial charge in [-0.15, -0.1) is 34.9 Å². The van der Waals surface area contributed by atoms with E-state index in [-0.39, 0.29) is 6.04 Å². The molecule has 1 aromatic heterocycles. The lowest BCUT2D eigenvalue weighted by Crippen LogP contribution is -2.29. The number of rotatable bonds is 2. The lowest BCUT2D eigenvalue weighted by Gasteiger charge is -2.35. The van der Waals surface area contributed by atoms with Gasteiger partial charge in [0.05, 0.1) is 10.1 Å². The number of thiophene rings is 1. The summed E-state index contributed by atoms with van der Waals surface area (Å²) in [6.07, 6.45) is 3.09. The lowest BCUT2D eigenvalue weighted by molar-refractivity contribution is -0.110. The van der Waals surface area contributed by atoms with Crippen LogP contribution in [0.1, 0.15) is 29.3 Å². The zero-order chi connectivity index (χ0) is 11.0. The summed E-state index contributed by atoms with van der Waals surface area (Å²) in [6, 6.07) is 2.42. The van der Waals surface area contributed by atoms with Gasteiger partial charge in [0, 0.05) is 16.4 Å². The number of nitrogens with one attached hydrogen (secondary N) is 1. The van der Waals surface area contributed by atoms with Gasteiger partial charge in [0.1, 0.15) is 0 Å². The van der Waals surface area contributed by atoms with E-state index in [1.54, 1.807) is 0 Å². The predicted octanol–water partition coefficient (Wildman–Crippen LogP) is 2.96. The van der Waals surface area contributed by atoms with E-state index in [1.807, 2.05) is 11.3 Å². The maximum absolute atomic E-state index is 10.6. The molecule has 1 unspecified atom stereocenters. The molecule has 0 aromatic carbocycles. The summed E-state index contributed by atoms with van der Waals surface area (Å²) in [6.45, 7) is 0. The number of thioether (sulfide) groups is 2. The van der Waals surface area contributed by atoms with Crippen molar-refractivity contribution in [2.24, 2.45) is 0 Å². The summed E-state index contributed by atoms with van der Waals surface area (Å²) in [5.74, 6) is 2.52. The molecule has 1 aliphatic heterocycles. The molecule has 2 aliphatic rings. The van der Waals surface area contributed by atoms with Crippen LogP contribution in [0.25, 0.3) is 0 Å². The standard InChI is InChI=1S/C11H13NOS3/c13-7-12-9-1-3-11(15-5-6-16-11)10-8(9)2-4-14-10/h2,4,7,9H,1,3,5-6H2,(H,12,13). The second-order valence-corrected chi connectivity index (χ2v) is 7.99. The summed E-state index contributed by atoms with van der Waals surface area (Å²) in [4.78, 5) is 12.1. The van der Waals surface area contributed by atoms with Crippen LogP contribution >= 0.6 is 34.9 Å². The Kier molecular flexibility index (Phi) is 2.94. The molecule has 1 fully saturated rings. The van der Waals surface area contributed by atoms with Gasteiger partial charge in [-0.1, -0.05) is 0 Å². The smallest absolute Gasteiger partial charge is 0.207 e. The van der Waals surface area contributed by atoms with Gasteiger partial charge in [-0.3, -0.25) is 4.79 Å². The zero-order valence-corrected chi connectivity index (χ0v) is 11.2. The van der Waals surface area contributed by atoms with Crippen molar-refractivity contribution >= 4 is 41.3 Å². The van der Waals surface area contributed by atoms with Crippen molar-refractivity contribution in [3.8, 4) is 0 Å². The molecule has 1 atom stereocenters. The van der Waals surface area contributed by atoms with E-state index in [4.69, 9.17) is 0 Å². The van der Waals surface area contributed by atoms with Crippen molar-refractivity contribution in [1.82, 2.24) is 5.32 Å². The van der Waals surface area contributed by atoms with E-state index in [2.05, 4.69) is 40.3 Å². The number of carbonyl (C=O) groups is 1. The molecule has 16 heavy (non-hydrogen) atoms. The first-order chi connectivity index (χ1) is 7.86. The van der Waals surface area contributed by atoms with Crippen molar-refractivity contribution in [2.45, 2.75) is 23.0 Å². The first-order valence-electron chi connectivity index (χ1n) is 5.41. The molecular formula is C11H13NOS3. The first-order valence-corrected chi connectivity index (χ1v) is 8.26. The normalized spacial score (nSPS) is 26.6. The SMILES string of the molecule is O=CNC1CCC2(SCCS2)c2sccc21. The van der Waals surface area contributed by atoms with Gasteiger partial charge < -0.3 is 5.32 Å². The van der Waals surface area contributed by atoms with Gasteiger partial charge in [-0.2, -0.15) is 0 Å². The van der Waals surface area contributed by atoms with Crippen LogP contribution in [0.2, 0.25) is 0 Å². The molecule has 86 valence electrons. The molecule has 1 saturated heterocycles. The number of amides is 1. The second-order valence-electron chi connectivity index (χ2n) is 4.03. The lowest BCUT2D eigenvalue weighted by atomic mass is 9.93. The van der Waals surface area contributed by atoms with Crippen molar-refractivity contribution < 1.29 is 4.79 Å². The van der Waals surface area contributed by atoms with Gasteiger partial charge in [-0.25, -0.2) is 0 Å². The Morgan fingerprint density at radius 3 is 3.00 bits per heavy atom. The van der Waals surface area contributed by atoms with Crippen molar-refractivity contribution in [2.75, 3.05) is 11.5 Å². The van der Waals surface area contributed by atoms with Crippen molar-refractivity contribution in [1.29, 1.82) is 0 Å². The van der Waals surface area contributed by atoms with Crippen molar-refractivity contribution in [3.05, 3.63) is 21.9 Å². The van der Waals surface area contributed by atoms with Crippen LogP contribution in [0, 0.1) is 0 Å². The highest BCUT2D eigenvalue weighted by atomic mass is 32.2. The molecule has 1 amide bonds. The van der Waals surface area contributed by atoms with E-state index in [1.165, 1.54) is 28.4 Å². The zero-order valence-electron chi connectivity index (χ0n) is 8.77. The Morgan fingerprint density at radius 2 is 2.25 bits per heavy atom. The van der Waals surface area contributed by atoms with Crippen LogP contribution < -0.4 is 5.32 Å². The molecule has 1 N–H and O–H groups in total. The Bertz CT molecular complexity index is 398. The molecule has 1 aromatic rings. The van der Waals surface area contributed by atoms with E-state index in [9.17, 15) is 4.79 Å². The summed E-state index contributed by atoms with van der Waals surface area (Å²) in [5, 5.41) is 5.10. The fourth-order valence-electron chi connectivity index (χ4n) is 2.49. The number of carbonyl (C=O) groups excluding carboxylic acids is 1. The second kappa shape index (κ2) is 4.27. The van der Waals surface area contributed by atoms with E-state index < -0.39 is 0 Å². The number of hydrogen-bond donors (Lipinski definition) is 1. The molecule has 1 spiro atoms. The molecule has 0 bridgehead atoms. The fourth-order valence-corrected chi connectivity index (χ4v) is 7.29. The minimum Gasteiger partial charge on any atom is -0.352 e. The maximum Gasteiger partial charge on any atom is 0.207 e. The van der Waals surface area contributed by atoms with Crippen molar-refractivity contribution in [3.63, 3.8) is 0 Å². The average molecular weight is 271 g/mol. The number of fused-ring (bicyclic) bond motifs is 2. The van der Waals surface area contributed by atoms with Gasteiger partial charge in [-0.05, 0) is 29.9 Å². The van der Waals surface area contributed by atoms with Crippen LogP contribution in [0.15, 0.2) is 11.4 Å². The van der Waals surface area contributed by atoms with E-state index in [0.29, 0.717) is 4.08 Å². The van der Waals surface area contributed by atoms with Gasteiger partial charge in [0.25, 0.3) is 0 Å². The highest BCUT2D eigenvalue weighted by Gasteiger charge is 2.44. The van der Waals surface area contributed by atoms with Gasteiger partial charge >= 0.3 is 0 Å². The summed E-state index contributed by atoms with van der Waals surface area (Å²) in [7, 11) is 0. The van der Waals surface area contributed by atoms with Crippen LogP contribution in [-0.2, 0) is 8.87 Å². The topological polar surface area (TPSA) is 29.1 Å². The molecule has 2 heterocycles. The Balaban J connectivity index is 1.98. The molecule has 3 rings (SSSR count). The molecular weight excluding hydrogens is 258 g/mol. The molecule has 0 radical (unpaired) electrons. The third-order valence-corrected chi connectivity index (χ3v) is 8.08. The Hall–Kier alpha value is -0.130. The third-order valence-electron chi connectivity index (χ3n) is 3.20. The van der Waals surface area contributed by atoms with Crippen LogP contribution in [-0.4, -0.2) is 17.9 Å². The van der Waals surface area contributed by atoms with Crippen LogP contribution in [0.3, 0.4) is 0 Å². The highest BCUT2D eigenvalue weighted by Crippen LogP contribution is 2.60. The monoisotopic (exact) mass is 271 g/mol. The van der Waals surface area contributed by atoms with Crippen LogP contribution in [0.5, 0.6) is 0 Å².